The van der Waals surface area contributed by atoms with Gasteiger partial charge >= 0.3 is 0 Å². The summed E-state index contributed by atoms with van der Waals surface area (Å²) in [5.74, 6) is 0. The lowest BCUT2D eigenvalue weighted by atomic mass is 10.1. The molecular formula is C14H21ClN2O. The first-order chi connectivity index (χ1) is 8.61. The average molecular weight is 269 g/mol. The number of likely N-dealkylation sites (N-methyl/N-ethyl adjacent to an activating group) is 1. The van der Waals surface area contributed by atoms with Crippen molar-refractivity contribution in [3.8, 4) is 0 Å². The van der Waals surface area contributed by atoms with Gasteiger partial charge in [0.15, 0.2) is 0 Å². The van der Waals surface area contributed by atoms with Crippen LogP contribution in [0.5, 0.6) is 0 Å². The molecule has 4 heteroatoms. The highest BCUT2D eigenvalue weighted by Gasteiger charge is 2.26. The Morgan fingerprint density at radius 1 is 1.33 bits per heavy atom. The van der Waals surface area contributed by atoms with Crippen LogP contribution in [0.15, 0.2) is 24.3 Å². The fourth-order valence-electron chi connectivity index (χ4n) is 2.46. The van der Waals surface area contributed by atoms with Crippen LogP contribution in [-0.4, -0.2) is 48.8 Å². The molecule has 1 N–H and O–H groups in total. The van der Waals surface area contributed by atoms with Gasteiger partial charge in [0.1, 0.15) is 0 Å². The first-order valence-electron chi connectivity index (χ1n) is 6.45. The Kier molecular flexibility index (Phi) is 4.49. The van der Waals surface area contributed by atoms with Gasteiger partial charge in [-0.1, -0.05) is 11.6 Å². The lowest BCUT2D eigenvalue weighted by molar-refractivity contribution is 0.159. The van der Waals surface area contributed by atoms with Crippen molar-refractivity contribution in [3.63, 3.8) is 0 Å². The molecule has 2 unspecified atom stereocenters. The molecule has 0 saturated carbocycles. The van der Waals surface area contributed by atoms with E-state index in [1.807, 2.05) is 12.1 Å². The molecule has 1 fully saturated rings. The summed E-state index contributed by atoms with van der Waals surface area (Å²) in [7, 11) is 2.08. The number of aliphatic hydroxyl groups excluding tert-OH is 1. The second-order valence-electron chi connectivity index (χ2n) is 5.08. The van der Waals surface area contributed by atoms with Gasteiger partial charge in [0.25, 0.3) is 0 Å². The summed E-state index contributed by atoms with van der Waals surface area (Å²) in [5, 5.41) is 10.3. The largest absolute Gasteiger partial charge is 0.395 e. The van der Waals surface area contributed by atoms with Gasteiger partial charge in [0, 0.05) is 35.9 Å². The predicted molar refractivity (Wildman–Crippen MR) is 76.4 cm³/mol. The van der Waals surface area contributed by atoms with E-state index in [2.05, 4.69) is 35.9 Å². The van der Waals surface area contributed by atoms with E-state index in [-0.39, 0.29) is 12.6 Å². The van der Waals surface area contributed by atoms with Crippen molar-refractivity contribution in [2.24, 2.45) is 0 Å². The monoisotopic (exact) mass is 268 g/mol. The zero-order valence-corrected chi connectivity index (χ0v) is 11.8. The molecule has 2 atom stereocenters. The van der Waals surface area contributed by atoms with Crippen molar-refractivity contribution in [3.05, 3.63) is 29.3 Å². The molecule has 18 heavy (non-hydrogen) atoms. The first-order valence-corrected chi connectivity index (χ1v) is 6.83. The number of halogens is 1. The SMILES string of the molecule is CC1CCN(C)C(CO)CN1c1ccc(Cl)cc1. The molecule has 0 aromatic heterocycles. The minimum atomic E-state index is 0.200. The third-order valence-corrected chi connectivity index (χ3v) is 4.08. The maximum Gasteiger partial charge on any atom is 0.0604 e. The fraction of sp³-hybridized carbons (Fsp3) is 0.571. The molecule has 0 spiro atoms. The summed E-state index contributed by atoms with van der Waals surface area (Å²) in [4.78, 5) is 4.60. The summed E-state index contributed by atoms with van der Waals surface area (Å²) in [6.45, 7) is 4.32. The molecule has 1 aromatic rings. The zero-order valence-electron chi connectivity index (χ0n) is 11.0. The van der Waals surface area contributed by atoms with Crippen molar-refractivity contribution < 1.29 is 5.11 Å². The Morgan fingerprint density at radius 3 is 2.61 bits per heavy atom. The summed E-state index contributed by atoms with van der Waals surface area (Å²) < 4.78 is 0. The Morgan fingerprint density at radius 2 is 2.00 bits per heavy atom. The third-order valence-electron chi connectivity index (χ3n) is 3.83. The minimum Gasteiger partial charge on any atom is -0.395 e. The molecule has 1 heterocycles. The number of hydrogen-bond acceptors (Lipinski definition) is 3. The Balaban J connectivity index is 2.21. The highest BCUT2D eigenvalue weighted by molar-refractivity contribution is 6.30. The van der Waals surface area contributed by atoms with Crippen molar-refractivity contribution >= 4 is 17.3 Å². The van der Waals surface area contributed by atoms with Crippen LogP contribution in [0.3, 0.4) is 0 Å². The van der Waals surface area contributed by atoms with Crippen molar-refractivity contribution in [2.45, 2.75) is 25.4 Å². The van der Waals surface area contributed by atoms with Gasteiger partial charge in [0.2, 0.25) is 0 Å². The maximum atomic E-state index is 9.49. The van der Waals surface area contributed by atoms with Crippen molar-refractivity contribution in [1.82, 2.24) is 4.90 Å². The molecule has 3 nitrogen and oxygen atoms in total. The molecule has 1 saturated heterocycles. The smallest absolute Gasteiger partial charge is 0.0604 e. The topological polar surface area (TPSA) is 26.7 Å². The lowest BCUT2D eigenvalue weighted by Crippen LogP contribution is -2.43. The van der Waals surface area contributed by atoms with E-state index in [0.717, 1.165) is 24.5 Å². The Bertz CT molecular complexity index is 382. The Hall–Kier alpha value is -0.770. The number of nitrogens with zero attached hydrogens (tertiary/aromatic N) is 2. The first kappa shape index (κ1) is 13.7. The van der Waals surface area contributed by atoms with Gasteiger partial charge in [-0.05, 0) is 44.7 Å². The van der Waals surface area contributed by atoms with Crippen LogP contribution in [0.1, 0.15) is 13.3 Å². The van der Waals surface area contributed by atoms with Crippen LogP contribution in [0.25, 0.3) is 0 Å². The highest BCUT2D eigenvalue weighted by atomic mass is 35.5. The van der Waals surface area contributed by atoms with Gasteiger partial charge in [-0.3, -0.25) is 4.90 Å². The quantitative estimate of drug-likeness (QED) is 0.891. The lowest BCUT2D eigenvalue weighted by Gasteiger charge is -2.32. The van der Waals surface area contributed by atoms with E-state index in [9.17, 15) is 5.11 Å². The normalized spacial score (nSPS) is 26.1. The molecule has 0 amide bonds. The van der Waals surface area contributed by atoms with Crippen LogP contribution < -0.4 is 4.90 Å². The number of anilines is 1. The number of hydrogen-bond donors (Lipinski definition) is 1. The van der Waals surface area contributed by atoms with Gasteiger partial charge < -0.3 is 10.0 Å². The third kappa shape index (κ3) is 2.97. The van der Waals surface area contributed by atoms with Gasteiger partial charge in [0.05, 0.1) is 6.61 Å². The Labute approximate surface area is 114 Å². The number of aliphatic hydroxyl groups is 1. The predicted octanol–water partition coefficient (Wildman–Crippen LogP) is 2.23. The fourth-order valence-corrected chi connectivity index (χ4v) is 2.59. The second kappa shape index (κ2) is 5.91. The van der Waals surface area contributed by atoms with E-state index in [1.165, 1.54) is 5.69 Å². The van der Waals surface area contributed by atoms with Crippen LogP contribution in [0.4, 0.5) is 5.69 Å². The van der Waals surface area contributed by atoms with E-state index in [4.69, 9.17) is 11.6 Å². The molecular weight excluding hydrogens is 248 g/mol. The second-order valence-corrected chi connectivity index (χ2v) is 5.52. The zero-order chi connectivity index (χ0) is 13.1. The van der Waals surface area contributed by atoms with E-state index in [1.54, 1.807) is 0 Å². The summed E-state index contributed by atoms with van der Waals surface area (Å²) in [6.07, 6.45) is 1.11. The average Bonchev–Trinajstić information content (AvgIpc) is 2.51. The summed E-state index contributed by atoms with van der Waals surface area (Å²) in [6, 6.07) is 8.63. The molecule has 1 aliphatic heterocycles. The summed E-state index contributed by atoms with van der Waals surface area (Å²) in [5.41, 5.74) is 1.18. The van der Waals surface area contributed by atoms with Crippen LogP contribution in [0, 0.1) is 0 Å². The van der Waals surface area contributed by atoms with Crippen LogP contribution >= 0.6 is 11.6 Å². The molecule has 0 aliphatic carbocycles. The molecule has 0 radical (unpaired) electrons. The molecule has 1 aliphatic rings. The van der Waals surface area contributed by atoms with Gasteiger partial charge in [-0.15, -0.1) is 0 Å². The van der Waals surface area contributed by atoms with Gasteiger partial charge in [-0.25, -0.2) is 0 Å². The molecule has 1 aromatic carbocycles. The number of benzene rings is 1. The van der Waals surface area contributed by atoms with E-state index < -0.39 is 0 Å². The highest BCUT2D eigenvalue weighted by Crippen LogP contribution is 2.24. The maximum absolute atomic E-state index is 9.49. The van der Waals surface area contributed by atoms with Crippen molar-refractivity contribution in [1.29, 1.82) is 0 Å². The van der Waals surface area contributed by atoms with Crippen LogP contribution in [0.2, 0.25) is 5.02 Å². The standard InChI is InChI=1S/C14H21ClN2O/c1-11-7-8-16(2)14(10-18)9-17(11)13-5-3-12(15)4-6-13/h3-6,11,14,18H,7-10H2,1-2H3. The van der Waals surface area contributed by atoms with E-state index >= 15 is 0 Å². The van der Waals surface area contributed by atoms with Gasteiger partial charge in [-0.2, -0.15) is 0 Å². The molecule has 100 valence electrons. The summed E-state index contributed by atoms with van der Waals surface area (Å²) >= 11 is 5.93. The molecule has 0 bridgehead atoms. The number of rotatable bonds is 2. The van der Waals surface area contributed by atoms with E-state index in [0.29, 0.717) is 6.04 Å². The molecule has 2 rings (SSSR count). The minimum absolute atomic E-state index is 0.200. The van der Waals surface area contributed by atoms with Crippen molar-refractivity contribution in [2.75, 3.05) is 31.6 Å². The van der Waals surface area contributed by atoms with Crippen LogP contribution in [-0.2, 0) is 0 Å².